The summed E-state index contributed by atoms with van der Waals surface area (Å²) >= 11 is 0. The molecule has 2 fully saturated rings. The van der Waals surface area contributed by atoms with Crippen molar-refractivity contribution in [2.24, 2.45) is 11.8 Å². The zero-order valence-corrected chi connectivity index (χ0v) is 16.1. The molecule has 0 bridgehead atoms. The third-order valence-corrected chi connectivity index (χ3v) is 5.46. The van der Waals surface area contributed by atoms with E-state index in [1.165, 1.54) is 26.1 Å². The van der Waals surface area contributed by atoms with Gasteiger partial charge < -0.3 is 15.0 Å². The maximum absolute atomic E-state index is 11.6. The molecule has 0 radical (unpaired) electrons. The second-order valence-electron chi connectivity index (χ2n) is 7.98. The Hall–Kier alpha value is -0.650. The van der Waals surface area contributed by atoms with Crippen LogP contribution in [0.5, 0.6) is 0 Å². The highest BCUT2D eigenvalue weighted by Crippen LogP contribution is 2.23. The molecule has 1 heterocycles. The normalized spacial score (nSPS) is 27.0. The van der Waals surface area contributed by atoms with E-state index in [0.717, 1.165) is 45.0 Å². The number of piperazine rings is 1. The molecule has 1 atom stereocenters. The van der Waals surface area contributed by atoms with Crippen LogP contribution in [0.25, 0.3) is 0 Å². The first-order valence-electron chi connectivity index (χ1n) is 9.84. The molecule has 1 amide bonds. The van der Waals surface area contributed by atoms with E-state index in [9.17, 15) is 4.79 Å². The Morgan fingerprint density at radius 2 is 1.75 bits per heavy atom. The number of nitrogens with zero attached hydrogens (tertiary/aromatic N) is 2. The molecule has 1 unspecified atom stereocenters. The van der Waals surface area contributed by atoms with Gasteiger partial charge in [0.15, 0.2) is 0 Å². The van der Waals surface area contributed by atoms with Crippen molar-refractivity contribution in [3.63, 3.8) is 0 Å². The van der Waals surface area contributed by atoms with Crippen LogP contribution < -0.4 is 5.32 Å². The van der Waals surface area contributed by atoms with Crippen LogP contribution in [0.4, 0.5) is 0 Å². The van der Waals surface area contributed by atoms with Crippen molar-refractivity contribution in [1.82, 2.24) is 15.1 Å². The number of ether oxygens (including phenoxy) is 1. The van der Waals surface area contributed by atoms with Crippen LogP contribution in [0.1, 0.15) is 47.0 Å². The number of hydrogen-bond donors (Lipinski definition) is 1. The van der Waals surface area contributed by atoms with Gasteiger partial charge in [0.1, 0.15) is 0 Å². The van der Waals surface area contributed by atoms with E-state index in [4.69, 9.17) is 4.74 Å². The van der Waals surface area contributed by atoms with E-state index in [1.54, 1.807) is 0 Å². The van der Waals surface area contributed by atoms with Crippen molar-refractivity contribution in [2.45, 2.75) is 59.1 Å². The van der Waals surface area contributed by atoms with Gasteiger partial charge >= 0.3 is 0 Å². The Morgan fingerprint density at radius 1 is 1.12 bits per heavy atom. The summed E-state index contributed by atoms with van der Waals surface area (Å²) in [6, 6.07) is 0.328. The maximum atomic E-state index is 11.6. The summed E-state index contributed by atoms with van der Waals surface area (Å²) in [6.07, 6.45) is 3.56. The van der Waals surface area contributed by atoms with Crippen LogP contribution in [0, 0.1) is 11.8 Å². The fourth-order valence-electron chi connectivity index (χ4n) is 3.30. The molecule has 5 nitrogen and oxygen atoms in total. The molecule has 1 aliphatic heterocycles. The van der Waals surface area contributed by atoms with Crippen LogP contribution in [-0.2, 0) is 9.53 Å². The first-order chi connectivity index (χ1) is 11.5. The molecule has 1 saturated heterocycles. The lowest BCUT2D eigenvalue weighted by atomic mass is 9.89. The SMILES string of the molecule is CCC(C)CN1CCN(CCO[C@H]2C[C@H](NC(=O)C(C)C)C2)CC1. The average molecular weight is 340 g/mol. The summed E-state index contributed by atoms with van der Waals surface area (Å²) in [5.74, 6) is 1.04. The molecular formula is C19H37N3O2. The van der Waals surface area contributed by atoms with E-state index >= 15 is 0 Å². The molecule has 140 valence electrons. The van der Waals surface area contributed by atoms with Crippen LogP contribution >= 0.6 is 0 Å². The summed E-state index contributed by atoms with van der Waals surface area (Å²) < 4.78 is 5.96. The maximum Gasteiger partial charge on any atom is 0.222 e. The Kier molecular flexibility index (Phi) is 7.98. The number of hydrogen-bond acceptors (Lipinski definition) is 4. The Morgan fingerprint density at radius 3 is 2.33 bits per heavy atom. The molecule has 0 spiro atoms. The van der Waals surface area contributed by atoms with Crippen molar-refractivity contribution in [2.75, 3.05) is 45.9 Å². The van der Waals surface area contributed by atoms with E-state index in [-0.39, 0.29) is 11.8 Å². The van der Waals surface area contributed by atoms with Gasteiger partial charge in [0, 0.05) is 51.2 Å². The fraction of sp³-hybridized carbons (Fsp3) is 0.947. The fourth-order valence-corrected chi connectivity index (χ4v) is 3.30. The van der Waals surface area contributed by atoms with Gasteiger partial charge in [-0.2, -0.15) is 0 Å². The van der Waals surface area contributed by atoms with Gasteiger partial charge in [0.25, 0.3) is 0 Å². The zero-order valence-electron chi connectivity index (χ0n) is 16.1. The Balaban J connectivity index is 1.49. The lowest BCUT2D eigenvalue weighted by Crippen LogP contribution is -2.50. The largest absolute Gasteiger partial charge is 0.377 e. The molecule has 0 aromatic rings. The first kappa shape index (κ1) is 19.7. The Labute approximate surface area is 148 Å². The Bertz CT molecular complexity index is 375. The van der Waals surface area contributed by atoms with Gasteiger partial charge in [-0.1, -0.05) is 34.1 Å². The van der Waals surface area contributed by atoms with Crippen molar-refractivity contribution in [3.8, 4) is 0 Å². The molecule has 1 N–H and O–H groups in total. The van der Waals surface area contributed by atoms with Crippen LogP contribution in [0.3, 0.4) is 0 Å². The highest BCUT2D eigenvalue weighted by molar-refractivity contribution is 5.78. The molecule has 1 aliphatic carbocycles. The number of carbonyl (C=O) groups excluding carboxylic acids is 1. The summed E-state index contributed by atoms with van der Waals surface area (Å²) in [7, 11) is 0. The minimum absolute atomic E-state index is 0.0731. The molecule has 2 aliphatic rings. The smallest absolute Gasteiger partial charge is 0.222 e. The van der Waals surface area contributed by atoms with Gasteiger partial charge in [-0.25, -0.2) is 0 Å². The molecule has 5 heteroatoms. The predicted molar refractivity (Wildman–Crippen MR) is 98.1 cm³/mol. The standard InChI is InChI=1S/C19H37N3O2/c1-5-16(4)14-22-8-6-21(7-9-22)10-11-24-18-12-17(13-18)20-19(23)15(2)3/h15-18H,5-14H2,1-4H3,(H,20,23)/t16?,17-,18-. The molecular weight excluding hydrogens is 302 g/mol. The quantitative estimate of drug-likeness (QED) is 0.698. The van der Waals surface area contributed by atoms with E-state index < -0.39 is 0 Å². The molecule has 0 aromatic heterocycles. The minimum Gasteiger partial charge on any atom is -0.377 e. The van der Waals surface area contributed by atoms with Crippen molar-refractivity contribution in [1.29, 1.82) is 0 Å². The van der Waals surface area contributed by atoms with Gasteiger partial charge in [-0.3, -0.25) is 9.69 Å². The van der Waals surface area contributed by atoms with Gasteiger partial charge in [-0.15, -0.1) is 0 Å². The van der Waals surface area contributed by atoms with Gasteiger partial charge in [-0.05, 0) is 18.8 Å². The number of nitrogens with one attached hydrogen (secondary N) is 1. The predicted octanol–water partition coefficient (Wildman–Crippen LogP) is 1.97. The van der Waals surface area contributed by atoms with Crippen molar-refractivity contribution in [3.05, 3.63) is 0 Å². The molecule has 2 rings (SSSR count). The highest BCUT2D eigenvalue weighted by Gasteiger charge is 2.31. The van der Waals surface area contributed by atoms with Crippen LogP contribution in [-0.4, -0.2) is 73.7 Å². The van der Waals surface area contributed by atoms with E-state index in [1.807, 2.05) is 13.8 Å². The third-order valence-electron chi connectivity index (χ3n) is 5.46. The molecule has 24 heavy (non-hydrogen) atoms. The van der Waals surface area contributed by atoms with Crippen molar-refractivity contribution < 1.29 is 9.53 Å². The first-order valence-corrected chi connectivity index (χ1v) is 9.84. The number of amides is 1. The number of carbonyl (C=O) groups is 1. The lowest BCUT2D eigenvalue weighted by Gasteiger charge is -2.38. The minimum atomic E-state index is 0.0731. The topological polar surface area (TPSA) is 44.8 Å². The lowest BCUT2D eigenvalue weighted by molar-refractivity contribution is -0.126. The molecule has 0 aromatic carbocycles. The van der Waals surface area contributed by atoms with Crippen molar-refractivity contribution >= 4 is 5.91 Å². The number of rotatable bonds is 9. The summed E-state index contributed by atoms with van der Waals surface area (Å²) in [5.41, 5.74) is 0. The second-order valence-corrected chi connectivity index (χ2v) is 7.98. The van der Waals surface area contributed by atoms with Crippen LogP contribution in [0.15, 0.2) is 0 Å². The highest BCUT2D eigenvalue weighted by atomic mass is 16.5. The van der Waals surface area contributed by atoms with E-state index in [0.29, 0.717) is 12.1 Å². The van der Waals surface area contributed by atoms with Gasteiger partial charge in [0.2, 0.25) is 5.91 Å². The zero-order chi connectivity index (χ0) is 17.5. The summed E-state index contributed by atoms with van der Waals surface area (Å²) in [5, 5.41) is 3.08. The van der Waals surface area contributed by atoms with E-state index in [2.05, 4.69) is 29.0 Å². The average Bonchev–Trinajstić information content (AvgIpc) is 2.53. The van der Waals surface area contributed by atoms with Crippen LogP contribution in [0.2, 0.25) is 0 Å². The monoisotopic (exact) mass is 339 g/mol. The summed E-state index contributed by atoms with van der Waals surface area (Å²) in [4.78, 5) is 16.7. The van der Waals surface area contributed by atoms with Gasteiger partial charge in [0.05, 0.1) is 12.7 Å². The molecule has 1 saturated carbocycles. The second kappa shape index (κ2) is 9.73. The summed E-state index contributed by atoms with van der Waals surface area (Å²) in [6.45, 7) is 16.3. The third kappa shape index (κ3) is 6.34.